The van der Waals surface area contributed by atoms with Gasteiger partial charge in [-0.25, -0.2) is 4.98 Å². The van der Waals surface area contributed by atoms with E-state index in [0.717, 1.165) is 43.9 Å². The van der Waals surface area contributed by atoms with Crippen LogP contribution in [0.2, 0.25) is 0 Å². The molecule has 0 bridgehead atoms. The van der Waals surface area contributed by atoms with Gasteiger partial charge in [-0.1, -0.05) is 0 Å². The summed E-state index contributed by atoms with van der Waals surface area (Å²) in [6, 6.07) is 1.89. The van der Waals surface area contributed by atoms with E-state index in [1.807, 2.05) is 30.3 Å². The molecule has 1 fully saturated rings. The molecule has 1 atom stereocenters. The Morgan fingerprint density at radius 2 is 2.21 bits per heavy atom. The molecule has 1 aliphatic rings. The summed E-state index contributed by atoms with van der Waals surface area (Å²) >= 11 is 0. The zero-order chi connectivity index (χ0) is 17.3. The van der Waals surface area contributed by atoms with Crippen LogP contribution in [0.15, 0.2) is 29.5 Å². The number of hydrogen-bond acceptors (Lipinski definition) is 3. The van der Waals surface area contributed by atoms with E-state index in [1.165, 1.54) is 0 Å². The van der Waals surface area contributed by atoms with Crippen molar-refractivity contribution in [1.29, 1.82) is 0 Å². The lowest BCUT2D eigenvalue weighted by molar-refractivity contribution is -0.130. The van der Waals surface area contributed by atoms with E-state index in [9.17, 15) is 9.59 Å². The van der Waals surface area contributed by atoms with Crippen LogP contribution in [0.25, 0.3) is 11.4 Å². The van der Waals surface area contributed by atoms with Crippen molar-refractivity contribution in [2.24, 2.45) is 13.0 Å². The average molecular weight is 328 g/mol. The number of rotatable bonds is 3. The average Bonchev–Trinajstić information content (AvgIpc) is 3.00. The van der Waals surface area contributed by atoms with Gasteiger partial charge in [0.1, 0.15) is 5.82 Å². The van der Waals surface area contributed by atoms with Crippen LogP contribution in [0.1, 0.15) is 25.3 Å². The summed E-state index contributed by atoms with van der Waals surface area (Å²) in [4.78, 5) is 29.9. The third-order valence-corrected chi connectivity index (χ3v) is 4.76. The lowest BCUT2D eigenvalue weighted by Gasteiger charge is -2.32. The Kier molecular flexibility index (Phi) is 4.55. The summed E-state index contributed by atoms with van der Waals surface area (Å²) in [6.07, 6.45) is 7.77. The molecule has 1 unspecified atom stereocenters. The molecule has 0 spiro atoms. The van der Waals surface area contributed by atoms with Gasteiger partial charge in [0.15, 0.2) is 0 Å². The first-order valence-corrected chi connectivity index (χ1v) is 8.40. The van der Waals surface area contributed by atoms with Crippen molar-refractivity contribution in [3.8, 4) is 11.4 Å². The highest BCUT2D eigenvalue weighted by Crippen LogP contribution is 2.22. The smallest absolute Gasteiger partial charge is 0.253 e. The van der Waals surface area contributed by atoms with E-state index < -0.39 is 0 Å². The van der Waals surface area contributed by atoms with Gasteiger partial charge in [0.25, 0.3) is 5.56 Å². The highest BCUT2D eigenvalue weighted by atomic mass is 16.2. The third kappa shape index (κ3) is 3.27. The van der Waals surface area contributed by atoms with Crippen molar-refractivity contribution in [1.82, 2.24) is 19.0 Å². The van der Waals surface area contributed by atoms with Crippen molar-refractivity contribution in [2.45, 2.75) is 33.2 Å². The maximum absolute atomic E-state index is 11.9. The molecule has 2 aromatic rings. The van der Waals surface area contributed by atoms with Crippen LogP contribution in [0.5, 0.6) is 0 Å². The molecule has 1 amide bonds. The number of hydrogen-bond donors (Lipinski definition) is 0. The van der Waals surface area contributed by atoms with E-state index in [1.54, 1.807) is 24.7 Å². The number of nitrogens with zero attached hydrogens (tertiary/aromatic N) is 4. The second-order valence-electron chi connectivity index (χ2n) is 6.70. The molecule has 128 valence electrons. The van der Waals surface area contributed by atoms with Crippen LogP contribution >= 0.6 is 0 Å². The molecule has 3 rings (SSSR count). The highest BCUT2D eigenvalue weighted by Gasteiger charge is 2.22. The SMILES string of the molecule is CC(=O)N1CCCC(Cn2ccnc2-c2cc(C)c(=O)n(C)c2)C1. The Morgan fingerprint density at radius 3 is 2.92 bits per heavy atom. The Morgan fingerprint density at radius 1 is 1.42 bits per heavy atom. The van der Waals surface area contributed by atoms with Crippen LogP contribution in [0.3, 0.4) is 0 Å². The Labute approximate surface area is 141 Å². The second-order valence-corrected chi connectivity index (χ2v) is 6.70. The van der Waals surface area contributed by atoms with Gasteiger partial charge in [-0.3, -0.25) is 9.59 Å². The first-order chi connectivity index (χ1) is 11.5. The van der Waals surface area contributed by atoms with Crippen LogP contribution in [-0.4, -0.2) is 38.0 Å². The molecule has 0 saturated carbocycles. The fraction of sp³-hybridized carbons (Fsp3) is 0.500. The maximum Gasteiger partial charge on any atom is 0.253 e. The van der Waals surface area contributed by atoms with Crippen molar-refractivity contribution in [3.63, 3.8) is 0 Å². The van der Waals surface area contributed by atoms with Crippen molar-refractivity contribution in [3.05, 3.63) is 40.6 Å². The highest BCUT2D eigenvalue weighted by molar-refractivity contribution is 5.73. The van der Waals surface area contributed by atoms with Gasteiger partial charge in [0.05, 0.1) is 0 Å². The molecular formula is C18H24N4O2. The Bertz CT molecular complexity index is 779. The number of likely N-dealkylation sites (tertiary alicyclic amines) is 1. The number of piperidine rings is 1. The summed E-state index contributed by atoms with van der Waals surface area (Å²) in [7, 11) is 1.76. The molecule has 1 aliphatic heterocycles. The fourth-order valence-electron chi connectivity index (χ4n) is 3.50. The topological polar surface area (TPSA) is 60.1 Å². The predicted molar refractivity (Wildman–Crippen MR) is 92.6 cm³/mol. The molecule has 24 heavy (non-hydrogen) atoms. The minimum absolute atomic E-state index is 0.0150. The van der Waals surface area contributed by atoms with Crippen molar-refractivity contribution in [2.75, 3.05) is 13.1 Å². The Hall–Kier alpha value is -2.37. The van der Waals surface area contributed by atoms with Crippen molar-refractivity contribution < 1.29 is 4.79 Å². The van der Waals surface area contributed by atoms with Crippen LogP contribution in [0, 0.1) is 12.8 Å². The number of imidazole rings is 1. The Balaban J connectivity index is 1.83. The zero-order valence-electron chi connectivity index (χ0n) is 14.5. The molecule has 0 radical (unpaired) electrons. The number of aryl methyl sites for hydroxylation is 2. The minimum Gasteiger partial charge on any atom is -0.343 e. The van der Waals surface area contributed by atoms with E-state index in [-0.39, 0.29) is 11.5 Å². The van der Waals surface area contributed by atoms with Gasteiger partial charge in [-0.15, -0.1) is 0 Å². The third-order valence-electron chi connectivity index (χ3n) is 4.76. The quantitative estimate of drug-likeness (QED) is 0.863. The van der Waals surface area contributed by atoms with Gasteiger partial charge < -0.3 is 14.0 Å². The second kappa shape index (κ2) is 6.63. The molecule has 1 saturated heterocycles. The van der Waals surface area contributed by atoms with E-state index in [2.05, 4.69) is 9.55 Å². The van der Waals surface area contributed by atoms with Crippen molar-refractivity contribution >= 4 is 5.91 Å². The minimum atomic E-state index is 0.0150. The van der Waals surface area contributed by atoms with Gasteiger partial charge in [0, 0.05) is 63.3 Å². The van der Waals surface area contributed by atoms with Gasteiger partial charge >= 0.3 is 0 Å². The zero-order valence-corrected chi connectivity index (χ0v) is 14.5. The van der Waals surface area contributed by atoms with E-state index >= 15 is 0 Å². The molecule has 6 nitrogen and oxygen atoms in total. The number of carbonyl (C=O) groups excluding carboxylic acids is 1. The fourth-order valence-corrected chi connectivity index (χ4v) is 3.50. The molecular weight excluding hydrogens is 304 g/mol. The first kappa shape index (κ1) is 16.5. The predicted octanol–water partition coefficient (Wildman–Crippen LogP) is 1.82. The summed E-state index contributed by atoms with van der Waals surface area (Å²) in [5, 5.41) is 0. The van der Waals surface area contributed by atoms with Crippen LogP contribution in [0.4, 0.5) is 0 Å². The number of carbonyl (C=O) groups is 1. The summed E-state index contributed by atoms with van der Waals surface area (Å²) in [5.41, 5.74) is 1.67. The molecule has 3 heterocycles. The number of pyridine rings is 1. The molecule has 0 N–H and O–H groups in total. The first-order valence-electron chi connectivity index (χ1n) is 8.40. The van der Waals surface area contributed by atoms with Gasteiger partial charge in [0.2, 0.25) is 5.91 Å². The number of amides is 1. The summed E-state index contributed by atoms with van der Waals surface area (Å²) in [6.45, 7) is 5.96. The van der Waals surface area contributed by atoms with Crippen LogP contribution in [-0.2, 0) is 18.4 Å². The molecule has 0 aromatic carbocycles. The molecule has 0 aliphatic carbocycles. The van der Waals surface area contributed by atoms with E-state index in [0.29, 0.717) is 11.5 Å². The van der Waals surface area contributed by atoms with E-state index in [4.69, 9.17) is 0 Å². The number of aromatic nitrogens is 3. The normalized spacial score (nSPS) is 18.0. The maximum atomic E-state index is 11.9. The largest absolute Gasteiger partial charge is 0.343 e. The summed E-state index contributed by atoms with van der Waals surface area (Å²) in [5.74, 6) is 1.46. The lowest BCUT2D eigenvalue weighted by atomic mass is 9.97. The molecule has 6 heteroatoms. The standard InChI is InChI=1S/C18H24N4O2/c1-13-9-16(12-20(3)18(13)24)17-19-6-8-22(17)11-15-5-4-7-21(10-15)14(2)23/h6,8-9,12,15H,4-5,7,10-11H2,1-3H3. The van der Waals surface area contributed by atoms with Gasteiger partial charge in [-0.05, 0) is 31.7 Å². The lowest BCUT2D eigenvalue weighted by Crippen LogP contribution is -2.39. The van der Waals surface area contributed by atoms with Crippen LogP contribution < -0.4 is 5.56 Å². The molecule has 2 aromatic heterocycles. The summed E-state index contributed by atoms with van der Waals surface area (Å²) < 4.78 is 3.73. The monoisotopic (exact) mass is 328 g/mol. The van der Waals surface area contributed by atoms with Gasteiger partial charge in [-0.2, -0.15) is 0 Å².